The van der Waals surface area contributed by atoms with Gasteiger partial charge in [-0.1, -0.05) is 0 Å². The van der Waals surface area contributed by atoms with E-state index < -0.39 is 18.6 Å². The molecule has 0 aliphatic heterocycles. The number of hydrogen-bond donors (Lipinski definition) is 1. The lowest BCUT2D eigenvalue weighted by Gasteiger charge is -2.21. The summed E-state index contributed by atoms with van der Waals surface area (Å²) in [5.41, 5.74) is 0. The van der Waals surface area contributed by atoms with Crippen molar-refractivity contribution in [1.82, 2.24) is 25.5 Å². The van der Waals surface area contributed by atoms with E-state index in [1.54, 1.807) is 0 Å². The molecular formula is C7H8F3N5O. The van der Waals surface area contributed by atoms with Gasteiger partial charge in [0.15, 0.2) is 0 Å². The number of aromatic amines is 1. The van der Waals surface area contributed by atoms with Gasteiger partial charge in [-0.05, 0) is 18.1 Å². The summed E-state index contributed by atoms with van der Waals surface area (Å²) in [6.45, 7) is -1.27. The van der Waals surface area contributed by atoms with Gasteiger partial charge in [0.05, 0.1) is 0 Å². The molecule has 0 spiro atoms. The van der Waals surface area contributed by atoms with Crippen LogP contribution in [0.3, 0.4) is 0 Å². The van der Waals surface area contributed by atoms with E-state index in [9.17, 15) is 18.0 Å². The third kappa shape index (κ3) is 2.47. The number of carbonyl (C=O) groups excluding carboxylic acids is 1. The third-order valence-corrected chi connectivity index (χ3v) is 2.13. The summed E-state index contributed by atoms with van der Waals surface area (Å²) in [5.74, 6) is -1.18. The lowest BCUT2D eigenvalue weighted by molar-refractivity contribution is -0.141. The van der Waals surface area contributed by atoms with Crippen LogP contribution in [0, 0.1) is 0 Å². The number of alkyl halides is 3. The van der Waals surface area contributed by atoms with Crippen LogP contribution in [0.2, 0.25) is 0 Å². The molecule has 0 aromatic carbocycles. The zero-order chi connectivity index (χ0) is 11.8. The molecule has 0 atom stereocenters. The average molecular weight is 235 g/mol. The fourth-order valence-electron chi connectivity index (χ4n) is 1.33. The number of halogens is 3. The number of nitrogens with zero attached hydrogens (tertiary/aromatic N) is 4. The van der Waals surface area contributed by atoms with Crippen molar-refractivity contribution >= 4 is 5.91 Å². The molecule has 1 saturated carbocycles. The maximum absolute atomic E-state index is 12.2. The van der Waals surface area contributed by atoms with E-state index in [4.69, 9.17) is 0 Å². The molecule has 1 aliphatic carbocycles. The molecule has 1 amide bonds. The van der Waals surface area contributed by atoms with Crippen LogP contribution in [0.5, 0.6) is 0 Å². The summed E-state index contributed by atoms with van der Waals surface area (Å²) in [6, 6.07) is -0.354. The molecular weight excluding hydrogens is 227 g/mol. The van der Waals surface area contributed by atoms with E-state index in [2.05, 4.69) is 15.4 Å². The number of rotatable bonds is 3. The fraction of sp³-hybridized carbons (Fsp3) is 0.714. The molecule has 9 heteroatoms. The van der Waals surface area contributed by atoms with Crippen molar-refractivity contribution in [2.75, 3.05) is 6.54 Å². The van der Waals surface area contributed by atoms with Gasteiger partial charge in [-0.3, -0.25) is 4.79 Å². The zero-order valence-electron chi connectivity index (χ0n) is 8.03. The Labute approximate surface area is 87.8 Å². The molecule has 0 radical (unpaired) electrons. The largest absolute Gasteiger partial charge is 0.406 e. The fourth-order valence-corrected chi connectivity index (χ4v) is 1.33. The molecule has 88 valence electrons. The molecule has 1 heterocycles. The quantitative estimate of drug-likeness (QED) is 0.821. The zero-order valence-corrected chi connectivity index (χ0v) is 8.03. The number of nitrogens with one attached hydrogen (secondary N) is 1. The molecule has 1 aromatic heterocycles. The minimum absolute atomic E-state index is 0.337. The maximum atomic E-state index is 12.2. The first-order chi connectivity index (χ1) is 7.47. The Hall–Kier alpha value is -1.67. The molecule has 16 heavy (non-hydrogen) atoms. The second kappa shape index (κ2) is 3.72. The Kier molecular flexibility index (Phi) is 2.52. The second-order valence-electron chi connectivity index (χ2n) is 3.51. The molecule has 1 aliphatic rings. The minimum atomic E-state index is -4.41. The van der Waals surface area contributed by atoms with Gasteiger partial charge in [0.2, 0.25) is 0 Å². The van der Waals surface area contributed by atoms with Crippen molar-refractivity contribution in [3.63, 3.8) is 0 Å². The van der Waals surface area contributed by atoms with Gasteiger partial charge in [0.25, 0.3) is 11.7 Å². The Bertz CT molecular complexity index is 372. The number of hydrogen-bond acceptors (Lipinski definition) is 4. The molecule has 2 rings (SSSR count). The SMILES string of the molecule is O=C(c1nn[nH]n1)N(CC(F)(F)F)C1CC1. The average Bonchev–Trinajstić information content (AvgIpc) is 2.87. The molecule has 0 unspecified atom stereocenters. The number of carbonyl (C=O) groups is 1. The highest BCUT2D eigenvalue weighted by Crippen LogP contribution is 2.30. The first-order valence-corrected chi connectivity index (χ1v) is 4.58. The molecule has 6 nitrogen and oxygen atoms in total. The smallest absolute Gasteiger partial charge is 0.324 e. The first kappa shape index (κ1) is 10.8. The summed E-state index contributed by atoms with van der Waals surface area (Å²) in [6.07, 6.45) is -3.25. The summed E-state index contributed by atoms with van der Waals surface area (Å²) in [5, 5.41) is 11.9. The third-order valence-electron chi connectivity index (χ3n) is 2.13. The summed E-state index contributed by atoms with van der Waals surface area (Å²) in [4.78, 5) is 12.3. The number of amides is 1. The Morgan fingerprint density at radius 1 is 1.50 bits per heavy atom. The summed E-state index contributed by atoms with van der Waals surface area (Å²) in [7, 11) is 0. The summed E-state index contributed by atoms with van der Waals surface area (Å²) >= 11 is 0. The summed E-state index contributed by atoms with van der Waals surface area (Å²) < 4.78 is 36.7. The lowest BCUT2D eigenvalue weighted by atomic mass is 10.4. The van der Waals surface area contributed by atoms with Crippen LogP contribution in [0.4, 0.5) is 13.2 Å². The van der Waals surface area contributed by atoms with Gasteiger partial charge in [0, 0.05) is 6.04 Å². The van der Waals surface area contributed by atoms with Crippen molar-refractivity contribution in [3.05, 3.63) is 5.82 Å². The first-order valence-electron chi connectivity index (χ1n) is 4.58. The van der Waals surface area contributed by atoms with Gasteiger partial charge in [-0.15, -0.1) is 10.2 Å². The van der Waals surface area contributed by atoms with Gasteiger partial charge in [-0.25, -0.2) is 0 Å². The van der Waals surface area contributed by atoms with E-state index in [0.29, 0.717) is 12.8 Å². The standard InChI is InChI=1S/C7H8F3N5O/c8-7(9,10)3-15(4-1-2-4)6(16)5-11-13-14-12-5/h4H,1-3H2,(H,11,12,13,14). The Balaban J connectivity index is 2.11. The maximum Gasteiger partial charge on any atom is 0.406 e. The van der Waals surface area contributed by atoms with Crippen LogP contribution < -0.4 is 0 Å². The second-order valence-corrected chi connectivity index (χ2v) is 3.51. The van der Waals surface area contributed by atoms with Crippen molar-refractivity contribution < 1.29 is 18.0 Å². The van der Waals surface area contributed by atoms with E-state index in [1.807, 2.05) is 5.21 Å². The van der Waals surface area contributed by atoms with Crippen LogP contribution in [0.25, 0.3) is 0 Å². The molecule has 1 aromatic rings. The van der Waals surface area contributed by atoms with E-state index in [-0.39, 0.29) is 11.9 Å². The van der Waals surface area contributed by atoms with Crippen molar-refractivity contribution in [2.45, 2.75) is 25.1 Å². The van der Waals surface area contributed by atoms with E-state index >= 15 is 0 Å². The van der Waals surface area contributed by atoms with Crippen LogP contribution >= 0.6 is 0 Å². The monoisotopic (exact) mass is 235 g/mol. The van der Waals surface area contributed by atoms with Crippen LogP contribution in [-0.4, -0.2) is 50.2 Å². The van der Waals surface area contributed by atoms with E-state index in [0.717, 1.165) is 4.90 Å². The highest BCUT2D eigenvalue weighted by atomic mass is 19.4. The van der Waals surface area contributed by atoms with Gasteiger partial charge in [0.1, 0.15) is 6.54 Å². The number of tetrazole rings is 1. The predicted octanol–water partition coefficient (Wildman–Crippen LogP) is 0.367. The van der Waals surface area contributed by atoms with Gasteiger partial charge in [-0.2, -0.15) is 18.4 Å². The molecule has 1 fully saturated rings. The van der Waals surface area contributed by atoms with Crippen LogP contribution in [-0.2, 0) is 0 Å². The van der Waals surface area contributed by atoms with Crippen molar-refractivity contribution in [2.24, 2.45) is 0 Å². The number of aromatic nitrogens is 4. The number of H-pyrrole nitrogens is 1. The van der Waals surface area contributed by atoms with Gasteiger partial charge < -0.3 is 4.90 Å². The van der Waals surface area contributed by atoms with Crippen molar-refractivity contribution in [3.8, 4) is 0 Å². The highest BCUT2D eigenvalue weighted by Gasteiger charge is 2.41. The van der Waals surface area contributed by atoms with Crippen molar-refractivity contribution in [1.29, 1.82) is 0 Å². The topological polar surface area (TPSA) is 74.8 Å². The van der Waals surface area contributed by atoms with E-state index in [1.165, 1.54) is 0 Å². The Morgan fingerprint density at radius 3 is 2.62 bits per heavy atom. The molecule has 0 saturated heterocycles. The van der Waals surface area contributed by atoms with Crippen LogP contribution in [0.1, 0.15) is 23.5 Å². The molecule has 1 N–H and O–H groups in total. The lowest BCUT2D eigenvalue weighted by Crippen LogP contribution is -2.41. The predicted molar refractivity (Wildman–Crippen MR) is 44.3 cm³/mol. The molecule has 0 bridgehead atoms. The van der Waals surface area contributed by atoms with Crippen LogP contribution in [0.15, 0.2) is 0 Å². The van der Waals surface area contributed by atoms with Gasteiger partial charge >= 0.3 is 6.18 Å². The minimum Gasteiger partial charge on any atom is -0.324 e. The highest BCUT2D eigenvalue weighted by molar-refractivity contribution is 5.90. The Morgan fingerprint density at radius 2 is 2.19 bits per heavy atom. The normalized spacial score (nSPS) is 16.2.